The number of nitrogens with zero attached hydrogens (tertiary/aromatic N) is 3. The fourth-order valence-electron chi connectivity index (χ4n) is 2.62. The Morgan fingerprint density at radius 3 is 3.00 bits per heavy atom. The van der Waals surface area contributed by atoms with Crippen LogP contribution < -0.4 is 10.2 Å². The van der Waals surface area contributed by atoms with E-state index in [0.717, 1.165) is 11.4 Å². The van der Waals surface area contributed by atoms with Gasteiger partial charge in [0.15, 0.2) is 5.01 Å². The van der Waals surface area contributed by atoms with Crippen molar-refractivity contribution in [2.45, 2.75) is 25.9 Å². The lowest BCUT2D eigenvalue weighted by atomic mass is 10.2. The van der Waals surface area contributed by atoms with Crippen LogP contribution in [0.5, 0.6) is 0 Å². The number of amides is 2. The molecule has 2 aromatic rings. The van der Waals surface area contributed by atoms with E-state index in [4.69, 9.17) is 16.3 Å². The third-order valence-corrected chi connectivity index (χ3v) is 5.22. The Bertz CT molecular complexity index is 847. The maximum absolute atomic E-state index is 14.6. The molecule has 0 aliphatic carbocycles. The van der Waals surface area contributed by atoms with E-state index in [2.05, 4.69) is 15.5 Å². The number of benzene rings is 1. The van der Waals surface area contributed by atoms with E-state index in [9.17, 15) is 14.0 Å². The van der Waals surface area contributed by atoms with Crippen LogP contribution in [0.4, 0.5) is 14.9 Å². The molecule has 2 heterocycles. The average Bonchev–Trinajstić information content (AvgIpc) is 3.24. The van der Waals surface area contributed by atoms with Crippen molar-refractivity contribution < 1.29 is 18.7 Å². The second-order valence-corrected chi connectivity index (χ2v) is 7.45. The number of hydrogen-bond acceptors (Lipinski definition) is 6. The molecule has 1 aromatic heterocycles. The Morgan fingerprint density at radius 1 is 1.48 bits per heavy atom. The van der Waals surface area contributed by atoms with Gasteiger partial charge in [0.2, 0.25) is 5.91 Å². The molecule has 2 amide bonds. The molecule has 10 heteroatoms. The van der Waals surface area contributed by atoms with E-state index in [-0.39, 0.29) is 19.0 Å². The molecule has 1 fully saturated rings. The van der Waals surface area contributed by atoms with Gasteiger partial charge >= 0.3 is 6.09 Å². The number of ether oxygens (including phenoxy) is 1. The number of halogens is 2. The Balaban J connectivity index is 1.72. The third kappa shape index (κ3) is 4.72. The first kappa shape index (κ1) is 19.5. The molecule has 144 valence electrons. The molecule has 0 radical (unpaired) electrons. The second kappa shape index (κ2) is 8.62. The minimum atomic E-state index is -0.572. The van der Waals surface area contributed by atoms with Crippen molar-refractivity contribution in [2.24, 2.45) is 0 Å². The van der Waals surface area contributed by atoms with Crippen molar-refractivity contribution in [3.05, 3.63) is 29.0 Å². The Kier molecular flexibility index (Phi) is 6.22. The predicted octanol–water partition coefficient (Wildman–Crippen LogP) is 2.98. The maximum Gasteiger partial charge on any atom is 0.414 e. The molecule has 0 spiro atoms. The first-order valence-electron chi connectivity index (χ1n) is 8.38. The maximum atomic E-state index is 14.6. The van der Waals surface area contributed by atoms with Crippen LogP contribution in [0, 0.1) is 5.82 Å². The van der Waals surface area contributed by atoms with Gasteiger partial charge in [0.05, 0.1) is 18.8 Å². The number of rotatable bonds is 7. The highest BCUT2D eigenvalue weighted by Crippen LogP contribution is 2.31. The zero-order chi connectivity index (χ0) is 19.4. The molecular formula is C17H18ClFN4O3S. The van der Waals surface area contributed by atoms with Crippen molar-refractivity contribution >= 4 is 40.6 Å². The number of hydrogen-bond donors (Lipinski definition) is 1. The van der Waals surface area contributed by atoms with Crippen LogP contribution in [0.25, 0.3) is 10.6 Å². The molecule has 0 saturated carbocycles. The summed E-state index contributed by atoms with van der Waals surface area (Å²) in [5, 5.41) is 12.0. The number of nitrogens with one attached hydrogen (secondary N) is 1. The van der Waals surface area contributed by atoms with Crippen LogP contribution in [0.15, 0.2) is 18.2 Å². The highest BCUT2D eigenvalue weighted by Gasteiger charge is 2.32. The first-order valence-corrected chi connectivity index (χ1v) is 9.74. The monoisotopic (exact) mass is 412 g/mol. The molecular weight excluding hydrogens is 395 g/mol. The third-order valence-electron chi connectivity index (χ3n) is 3.94. The molecule has 1 aliphatic heterocycles. The molecule has 1 N–H and O–H groups in total. The Morgan fingerprint density at radius 2 is 2.30 bits per heavy atom. The van der Waals surface area contributed by atoms with Crippen molar-refractivity contribution in [2.75, 3.05) is 23.9 Å². The predicted molar refractivity (Wildman–Crippen MR) is 101 cm³/mol. The normalized spacial score (nSPS) is 16.5. The molecule has 1 unspecified atom stereocenters. The van der Waals surface area contributed by atoms with Gasteiger partial charge in [-0.1, -0.05) is 11.3 Å². The summed E-state index contributed by atoms with van der Waals surface area (Å²) in [4.78, 5) is 24.4. The summed E-state index contributed by atoms with van der Waals surface area (Å²) in [6, 6.07) is 4.49. The van der Waals surface area contributed by atoms with E-state index in [1.165, 1.54) is 29.2 Å². The highest BCUT2D eigenvalue weighted by molar-refractivity contribution is 7.14. The molecule has 27 heavy (non-hydrogen) atoms. The van der Waals surface area contributed by atoms with Gasteiger partial charge in [0, 0.05) is 24.8 Å². The SMILES string of the molecule is CC(=O)NCC1CN(c2ccc(-c3nnc(CCCCl)s3)c(F)c2)C(=O)O1. The minimum absolute atomic E-state index is 0.206. The van der Waals surface area contributed by atoms with Gasteiger partial charge in [0.1, 0.15) is 16.9 Å². The van der Waals surface area contributed by atoms with E-state index in [0.29, 0.717) is 28.6 Å². The minimum Gasteiger partial charge on any atom is -0.442 e. The quantitative estimate of drug-likeness (QED) is 0.707. The van der Waals surface area contributed by atoms with Crippen LogP contribution >= 0.6 is 22.9 Å². The summed E-state index contributed by atoms with van der Waals surface area (Å²) in [5.74, 6) is -0.166. The van der Waals surface area contributed by atoms with Crippen LogP contribution in [-0.2, 0) is 16.0 Å². The topological polar surface area (TPSA) is 84.4 Å². The summed E-state index contributed by atoms with van der Waals surface area (Å²) in [5.41, 5.74) is 0.717. The van der Waals surface area contributed by atoms with E-state index < -0.39 is 18.0 Å². The summed E-state index contributed by atoms with van der Waals surface area (Å²) >= 11 is 6.99. The highest BCUT2D eigenvalue weighted by atomic mass is 35.5. The molecule has 1 aliphatic rings. The molecule has 3 rings (SSSR count). The standard InChI is InChI=1S/C17H18ClFN4O3S/c1-10(24)20-8-12-9-23(17(25)26-12)11-4-5-13(14(19)7-11)16-22-21-15(27-16)3-2-6-18/h4-5,7,12H,2-3,6,8-9H2,1H3,(H,20,24). The van der Waals surface area contributed by atoms with Crippen LogP contribution in [0.3, 0.4) is 0 Å². The first-order chi connectivity index (χ1) is 13.0. The number of carbonyl (C=O) groups excluding carboxylic acids is 2. The number of carbonyl (C=O) groups is 2. The van der Waals surface area contributed by atoms with Gasteiger partial charge in [-0.25, -0.2) is 9.18 Å². The van der Waals surface area contributed by atoms with Gasteiger partial charge in [-0.3, -0.25) is 9.69 Å². The van der Waals surface area contributed by atoms with Crippen molar-refractivity contribution in [3.63, 3.8) is 0 Å². The zero-order valence-corrected chi connectivity index (χ0v) is 16.1. The Labute approximate surface area is 164 Å². The van der Waals surface area contributed by atoms with Crippen LogP contribution in [-0.4, -0.2) is 47.3 Å². The molecule has 1 aromatic carbocycles. The lowest BCUT2D eigenvalue weighted by Crippen LogP contribution is -2.33. The Hall–Kier alpha value is -2.26. The van der Waals surface area contributed by atoms with Gasteiger partial charge in [0.25, 0.3) is 0 Å². The lowest BCUT2D eigenvalue weighted by Gasteiger charge is -2.14. The molecule has 0 bridgehead atoms. The van der Waals surface area contributed by atoms with Gasteiger partial charge in [-0.2, -0.15) is 0 Å². The zero-order valence-electron chi connectivity index (χ0n) is 14.6. The van der Waals surface area contributed by atoms with E-state index >= 15 is 0 Å². The largest absolute Gasteiger partial charge is 0.442 e. The summed E-state index contributed by atoms with van der Waals surface area (Å²) in [6.07, 6.45) is 0.443. The van der Waals surface area contributed by atoms with Crippen molar-refractivity contribution in [3.8, 4) is 10.6 Å². The van der Waals surface area contributed by atoms with Gasteiger partial charge in [-0.05, 0) is 24.6 Å². The van der Waals surface area contributed by atoms with Crippen LogP contribution in [0.1, 0.15) is 18.4 Å². The number of anilines is 1. The van der Waals surface area contributed by atoms with Gasteiger partial charge < -0.3 is 10.1 Å². The molecule has 1 saturated heterocycles. The summed E-state index contributed by atoms with van der Waals surface area (Å²) < 4.78 is 19.8. The van der Waals surface area contributed by atoms with Gasteiger partial charge in [-0.15, -0.1) is 21.8 Å². The second-order valence-electron chi connectivity index (χ2n) is 6.01. The fourth-order valence-corrected chi connectivity index (χ4v) is 3.67. The summed E-state index contributed by atoms with van der Waals surface area (Å²) in [6.45, 7) is 1.84. The number of cyclic esters (lactones) is 1. The van der Waals surface area contributed by atoms with E-state index in [1.54, 1.807) is 12.1 Å². The number of alkyl halides is 1. The lowest BCUT2D eigenvalue weighted by molar-refractivity contribution is -0.119. The fraction of sp³-hybridized carbons (Fsp3) is 0.412. The van der Waals surface area contributed by atoms with Crippen molar-refractivity contribution in [1.82, 2.24) is 15.5 Å². The van der Waals surface area contributed by atoms with Crippen LogP contribution in [0.2, 0.25) is 0 Å². The van der Waals surface area contributed by atoms with Crippen molar-refractivity contribution in [1.29, 1.82) is 0 Å². The number of aryl methyl sites for hydroxylation is 1. The number of aromatic nitrogens is 2. The molecule has 7 nitrogen and oxygen atoms in total. The molecule has 1 atom stereocenters. The average molecular weight is 413 g/mol. The smallest absolute Gasteiger partial charge is 0.414 e. The summed E-state index contributed by atoms with van der Waals surface area (Å²) in [7, 11) is 0. The van der Waals surface area contributed by atoms with E-state index in [1.807, 2.05) is 0 Å².